The molecule has 0 bridgehead atoms. The number of alkyl halides is 3. The summed E-state index contributed by atoms with van der Waals surface area (Å²) in [5, 5.41) is 6.58. The summed E-state index contributed by atoms with van der Waals surface area (Å²) >= 11 is 0. The van der Waals surface area contributed by atoms with Gasteiger partial charge in [0.1, 0.15) is 24.5 Å². The molecule has 8 nitrogen and oxygen atoms in total. The monoisotopic (exact) mass is 404 g/mol. The van der Waals surface area contributed by atoms with Crippen LogP contribution in [0.1, 0.15) is 24.3 Å². The van der Waals surface area contributed by atoms with Gasteiger partial charge < -0.3 is 8.98 Å². The van der Waals surface area contributed by atoms with Gasteiger partial charge in [-0.05, 0) is 37.3 Å². The van der Waals surface area contributed by atoms with Crippen molar-refractivity contribution in [2.75, 3.05) is 5.32 Å². The number of carbonyl (C=O) groups excluding carboxylic acids is 1. The van der Waals surface area contributed by atoms with Gasteiger partial charge in [0, 0.05) is 0 Å². The van der Waals surface area contributed by atoms with Gasteiger partial charge in [-0.2, -0.15) is 18.3 Å². The lowest BCUT2D eigenvalue weighted by molar-refractivity contribution is -0.137. The van der Waals surface area contributed by atoms with Crippen LogP contribution in [0.15, 0.2) is 53.7 Å². The molecule has 1 aromatic carbocycles. The predicted molar refractivity (Wildman–Crippen MR) is 95.9 cm³/mol. The third kappa shape index (κ3) is 3.71. The molecule has 1 unspecified atom stereocenters. The Morgan fingerprint density at radius 3 is 2.79 bits per heavy atom. The number of amides is 1. The lowest BCUT2D eigenvalue weighted by Crippen LogP contribution is -2.25. The van der Waals surface area contributed by atoms with E-state index in [-0.39, 0.29) is 18.0 Å². The molecule has 0 radical (unpaired) electrons. The number of fused-ring (bicyclic) bond motifs is 1. The second-order valence-corrected chi connectivity index (χ2v) is 6.34. The number of nitrogens with one attached hydrogen (secondary N) is 1. The maximum absolute atomic E-state index is 13.1. The van der Waals surface area contributed by atoms with E-state index in [2.05, 4.69) is 20.4 Å². The molecule has 0 spiro atoms. The Balaban J connectivity index is 1.73. The smallest absolute Gasteiger partial charge is 0.416 e. The first-order valence-corrected chi connectivity index (χ1v) is 8.58. The molecule has 11 heteroatoms. The average Bonchev–Trinajstić information content (AvgIpc) is 3.42. The van der Waals surface area contributed by atoms with E-state index < -0.39 is 23.7 Å². The summed E-state index contributed by atoms with van der Waals surface area (Å²) in [7, 11) is 0. The minimum atomic E-state index is -4.50. The second-order valence-electron chi connectivity index (χ2n) is 6.34. The molecule has 0 saturated carbocycles. The fourth-order valence-corrected chi connectivity index (χ4v) is 2.87. The van der Waals surface area contributed by atoms with Crippen LogP contribution in [0, 0.1) is 0 Å². The van der Waals surface area contributed by atoms with Crippen molar-refractivity contribution in [2.24, 2.45) is 0 Å². The number of nitrogens with zero attached hydrogens (tertiary/aromatic N) is 5. The van der Waals surface area contributed by atoms with Crippen molar-refractivity contribution in [2.45, 2.75) is 25.7 Å². The highest BCUT2D eigenvalue weighted by molar-refractivity contribution is 5.94. The van der Waals surface area contributed by atoms with Gasteiger partial charge in [0.05, 0.1) is 29.4 Å². The summed E-state index contributed by atoms with van der Waals surface area (Å²) in [5.74, 6) is 0.222. The Bertz CT molecular complexity index is 1130. The third-order valence-electron chi connectivity index (χ3n) is 4.42. The second kappa shape index (κ2) is 7.08. The first-order chi connectivity index (χ1) is 13.8. The Morgan fingerprint density at radius 1 is 1.31 bits per heavy atom. The molecule has 1 N–H and O–H groups in total. The van der Waals surface area contributed by atoms with E-state index in [4.69, 9.17) is 4.42 Å². The lowest BCUT2D eigenvalue weighted by atomic mass is 10.2. The zero-order chi connectivity index (χ0) is 20.6. The number of anilines is 1. The summed E-state index contributed by atoms with van der Waals surface area (Å²) in [6, 6.07) is 5.97. The molecule has 0 aliphatic heterocycles. The van der Waals surface area contributed by atoms with E-state index in [9.17, 15) is 18.0 Å². The van der Waals surface area contributed by atoms with Crippen molar-refractivity contribution in [3.63, 3.8) is 0 Å². The number of hydrogen-bond acceptors (Lipinski definition) is 5. The Kier molecular flexibility index (Phi) is 4.57. The summed E-state index contributed by atoms with van der Waals surface area (Å²) in [4.78, 5) is 20.6. The molecule has 0 saturated heterocycles. The first-order valence-electron chi connectivity index (χ1n) is 8.58. The van der Waals surface area contributed by atoms with Gasteiger partial charge in [-0.3, -0.25) is 10.1 Å². The average molecular weight is 404 g/mol. The zero-order valence-electron chi connectivity index (χ0n) is 15.1. The summed E-state index contributed by atoms with van der Waals surface area (Å²) in [6.45, 7) is 1.80. The minimum Gasteiger partial charge on any atom is -0.467 e. The number of hydrogen-bond donors (Lipinski definition) is 1. The molecular formula is C18H15F3N6O2. The van der Waals surface area contributed by atoms with Crippen molar-refractivity contribution in [3.05, 3.63) is 60.6 Å². The molecule has 0 aliphatic carbocycles. The van der Waals surface area contributed by atoms with E-state index in [0.717, 1.165) is 12.1 Å². The fourth-order valence-electron chi connectivity index (χ4n) is 2.87. The largest absolute Gasteiger partial charge is 0.467 e. The Labute approximate surface area is 162 Å². The molecule has 4 aromatic rings. The highest BCUT2D eigenvalue weighted by atomic mass is 19.4. The zero-order valence-corrected chi connectivity index (χ0v) is 15.1. The van der Waals surface area contributed by atoms with E-state index in [1.165, 1.54) is 29.7 Å². The topological polar surface area (TPSA) is 90.8 Å². The summed E-state index contributed by atoms with van der Waals surface area (Å²) in [5.41, 5.74) is -0.283. The van der Waals surface area contributed by atoms with Crippen molar-refractivity contribution in [1.29, 1.82) is 0 Å². The minimum absolute atomic E-state index is 0.104. The van der Waals surface area contributed by atoms with Crippen LogP contribution in [0.25, 0.3) is 11.0 Å². The Hall–Kier alpha value is -3.63. The molecular weight excluding hydrogens is 389 g/mol. The maximum atomic E-state index is 13.1. The van der Waals surface area contributed by atoms with Crippen LogP contribution in [0.4, 0.5) is 19.1 Å². The van der Waals surface area contributed by atoms with Gasteiger partial charge >= 0.3 is 6.18 Å². The number of furan rings is 1. The van der Waals surface area contributed by atoms with Crippen LogP contribution >= 0.6 is 0 Å². The van der Waals surface area contributed by atoms with Gasteiger partial charge in [-0.15, -0.1) is 0 Å². The fraction of sp³-hybridized carbons (Fsp3) is 0.222. The Morgan fingerprint density at radius 2 is 2.14 bits per heavy atom. The van der Waals surface area contributed by atoms with Gasteiger partial charge in [0.15, 0.2) is 0 Å². The van der Waals surface area contributed by atoms with Gasteiger partial charge in [0.25, 0.3) is 5.91 Å². The first kappa shape index (κ1) is 18.7. The lowest BCUT2D eigenvalue weighted by Gasteiger charge is -2.13. The van der Waals surface area contributed by atoms with Crippen molar-refractivity contribution < 1.29 is 22.4 Å². The molecule has 1 amide bonds. The van der Waals surface area contributed by atoms with Crippen LogP contribution in [-0.4, -0.2) is 30.2 Å². The highest BCUT2D eigenvalue weighted by Crippen LogP contribution is 2.32. The predicted octanol–water partition coefficient (Wildman–Crippen LogP) is 3.49. The third-order valence-corrected chi connectivity index (χ3v) is 4.42. The van der Waals surface area contributed by atoms with Crippen molar-refractivity contribution in [1.82, 2.24) is 24.3 Å². The maximum Gasteiger partial charge on any atom is 0.416 e. The van der Waals surface area contributed by atoms with Gasteiger partial charge in [0.2, 0.25) is 5.95 Å². The number of rotatable bonds is 5. The quantitative estimate of drug-likeness (QED) is 0.550. The van der Waals surface area contributed by atoms with Crippen molar-refractivity contribution >= 4 is 22.9 Å². The van der Waals surface area contributed by atoms with E-state index in [1.807, 2.05) is 0 Å². The molecule has 1 atom stereocenters. The summed E-state index contributed by atoms with van der Waals surface area (Å²) in [6.07, 6.45) is -0.314. The number of imidazole rings is 1. The molecule has 4 rings (SSSR count). The van der Waals surface area contributed by atoms with E-state index in [1.54, 1.807) is 23.6 Å². The molecule has 150 valence electrons. The number of aromatic nitrogens is 5. The van der Waals surface area contributed by atoms with Crippen LogP contribution in [0.5, 0.6) is 0 Å². The molecule has 3 aromatic heterocycles. The SMILES string of the molecule is CC(C(=O)Nc1nc2cc(C(F)(F)F)ccc2n1Cc1ccco1)n1cncn1. The molecule has 0 fully saturated rings. The highest BCUT2D eigenvalue weighted by Gasteiger charge is 2.31. The molecule has 0 aliphatic rings. The van der Waals surface area contributed by atoms with Crippen LogP contribution in [-0.2, 0) is 17.5 Å². The van der Waals surface area contributed by atoms with Crippen LogP contribution in [0.3, 0.4) is 0 Å². The van der Waals surface area contributed by atoms with Crippen LogP contribution < -0.4 is 5.32 Å². The van der Waals surface area contributed by atoms with Gasteiger partial charge in [-0.25, -0.2) is 14.6 Å². The van der Waals surface area contributed by atoms with Crippen LogP contribution in [0.2, 0.25) is 0 Å². The number of benzene rings is 1. The van der Waals surface area contributed by atoms with E-state index in [0.29, 0.717) is 11.3 Å². The standard InChI is InChI=1S/C18H15F3N6O2/c1-11(27-10-22-9-23-27)16(28)25-17-24-14-7-12(18(19,20)21)4-5-15(14)26(17)8-13-3-2-6-29-13/h2-7,9-11H,8H2,1H3,(H,24,25,28). The summed E-state index contributed by atoms with van der Waals surface area (Å²) < 4.78 is 47.5. The molecule has 29 heavy (non-hydrogen) atoms. The number of halogens is 3. The normalized spacial score (nSPS) is 13.0. The van der Waals surface area contributed by atoms with E-state index >= 15 is 0 Å². The van der Waals surface area contributed by atoms with Crippen molar-refractivity contribution in [3.8, 4) is 0 Å². The van der Waals surface area contributed by atoms with Gasteiger partial charge in [-0.1, -0.05) is 0 Å². The number of carbonyl (C=O) groups is 1. The molecule has 3 heterocycles.